The summed E-state index contributed by atoms with van der Waals surface area (Å²) in [6.07, 6.45) is 2.54. The first-order valence-electron chi connectivity index (χ1n) is 16.1. The lowest BCUT2D eigenvalue weighted by molar-refractivity contribution is 0.216. The summed E-state index contributed by atoms with van der Waals surface area (Å²) in [6.45, 7) is 9.67. The molecule has 1 aliphatic heterocycles. The molecule has 11 heteroatoms. The lowest BCUT2D eigenvalue weighted by Gasteiger charge is -2.20. The van der Waals surface area contributed by atoms with Gasteiger partial charge in [0.1, 0.15) is 23.1 Å². The Labute approximate surface area is 280 Å². The van der Waals surface area contributed by atoms with Gasteiger partial charge in [-0.15, -0.1) is 0 Å². The molecular formula is C37H42N8O3. The highest BCUT2D eigenvalue weighted by atomic mass is 16.5. The molecule has 5 aromatic rings. The summed E-state index contributed by atoms with van der Waals surface area (Å²) in [5, 5.41) is 15.4. The number of aromatic nitrogens is 3. The summed E-state index contributed by atoms with van der Waals surface area (Å²) in [4.78, 5) is 34.6. The number of pyridine rings is 1. The average Bonchev–Trinajstić information content (AvgIpc) is 3.72. The Morgan fingerprint density at radius 3 is 2.38 bits per heavy atom. The Hall–Kier alpha value is -5.42. The summed E-state index contributed by atoms with van der Waals surface area (Å²) in [5.74, 6) is 2.09. The van der Waals surface area contributed by atoms with Crippen LogP contribution in [0.3, 0.4) is 0 Å². The van der Waals surface area contributed by atoms with Gasteiger partial charge in [0, 0.05) is 53.6 Å². The van der Waals surface area contributed by atoms with E-state index in [9.17, 15) is 9.59 Å². The van der Waals surface area contributed by atoms with Gasteiger partial charge in [0.2, 0.25) is 0 Å². The molecule has 3 aromatic carbocycles. The number of hydrogen-bond donors (Lipinski definition) is 3. The number of ether oxygens (including phenoxy) is 1. The van der Waals surface area contributed by atoms with Gasteiger partial charge in [0.05, 0.1) is 17.1 Å². The molecule has 1 aliphatic rings. The van der Waals surface area contributed by atoms with Crippen LogP contribution in [-0.2, 0) is 5.41 Å². The maximum atomic E-state index is 13.4. The number of nitrogens with one attached hydrogen (secondary N) is 3. The number of aryl methyl sites for hydroxylation is 1. The molecule has 1 saturated heterocycles. The number of hydrogen-bond acceptors (Lipinski definition) is 6. The molecule has 3 heterocycles. The van der Waals surface area contributed by atoms with E-state index in [0.29, 0.717) is 48.0 Å². The number of benzene rings is 3. The number of rotatable bonds is 7. The zero-order valence-electron chi connectivity index (χ0n) is 28.2. The van der Waals surface area contributed by atoms with Gasteiger partial charge < -0.3 is 19.9 Å². The zero-order chi connectivity index (χ0) is 34.0. The van der Waals surface area contributed by atoms with Crippen molar-refractivity contribution in [2.24, 2.45) is 0 Å². The van der Waals surface area contributed by atoms with Crippen LogP contribution >= 0.6 is 0 Å². The van der Waals surface area contributed by atoms with Gasteiger partial charge in [0.15, 0.2) is 0 Å². The average molecular weight is 647 g/mol. The van der Waals surface area contributed by atoms with Crippen LogP contribution < -0.4 is 20.7 Å². The van der Waals surface area contributed by atoms with E-state index in [0.717, 1.165) is 34.1 Å². The molecule has 4 amide bonds. The Balaban J connectivity index is 1.18. The van der Waals surface area contributed by atoms with Crippen LogP contribution in [0.5, 0.6) is 11.5 Å². The van der Waals surface area contributed by atoms with Gasteiger partial charge in [0.25, 0.3) is 0 Å². The highest BCUT2D eigenvalue weighted by Gasteiger charge is 2.28. The van der Waals surface area contributed by atoms with E-state index < -0.39 is 6.03 Å². The molecule has 11 nitrogen and oxygen atoms in total. The number of nitrogens with zero attached hydrogens (tertiary/aromatic N) is 5. The molecule has 0 aliphatic carbocycles. The highest BCUT2D eigenvalue weighted by Crippen LogP contribution is 2.35. The summed E-state index contributed by atoms with van der Waals surface area (Å²) in [6, 6.07) is 24.5. The SMILES string of the molecule is Cc1ccc(-n2nc(C(C)(C)C)cc2NC(=O)Nc2ccc(Oc3ccnc(NC(=O)N4CCC(N(C)C)C4)c3)c3ccccc23)cc1. The molecule has 0 bridgehead atoms. The van der Waals surface area contributed by atoms with Crippen molar-refractivity contribution in [1.82, 2.24) is 24.6 Å². The monoisotopic (exact) mass is 646 g/mol. The van der Waals surface area contributed by atoms with Crippen LogP contribution in [0.4, 0.5) is 26.9 Å². The van der Waals surface area contributed by atoms with Crippen molar-refractivity contribution in [3.8, 4) is 17.2 Å². The van der Waals surface area contributed by atoms with Gasteiger partial charge >= 0.3 is 12.1 Å². The molecule has 2 aromatic heterocycles. The standard InChI is InChI=1S/C37H42N8O3/c1-24-11-13-25(14-12-24)45-34(22-32(42-45)37(2,3)4)41-35(46)39-30-15-16-31(29-10-8-7-9-28(29)30)48-27-17-19-38-33(21-27)40-36(47)44-20-18-26(23-44)43(5)6/h7-17,19,21-22,26H,18,20,23H2,1-6H3,(H,38,40,47)(H2,39,41,46). The maximum absolute atomic E-state index is 13.4. The Morgan fingerprint density at radius 2 is 1.67 bits per heavy atom. The van der Waals surface area contributed by atoms with Crippen molar-refractivity contribution in [1.29, 1.82) is 0 Å². The molecule has 3 N–H and O–H groups in total. The van der Waals surface area contributed by atoms with E-state index in [2.05, 4.69) is 46.6 Å². The minimum Gasteiger partial charge on any atom is -0.457 e. The predicted octanol–water partition coefficient (Wildman–Crippen LogP) is 7.63. The Bertz CT molecular complexity index is 1940. The van der Waals surface area contributed by atoms with E-state index in [1.165, 1.54) is 0 Å². The number of anilines is 3. The van der Waals surface area contributed by atoms with Crippen molar-refractivity contribution in [3.63, 3.8) is 0 Å². The van der Waals surface area contributed by atoms with Crippen LogP contribution in [-0.4, -0.2) is 69.9 Å². The fourth-order valence-corrected chi connectivity index (χ4v) is 5.67. The van der Waals surface area contributed by atoms with Crippen LogP contribution in [0.1, 0.15) is 38.4 Å². The van der Waals surface area contributed by atoms with Crippen LogP contribution in [0.25, 0.3) is 16.5 Å². The lowest BCUT2D eigenvalue weighted by Crippen LogP contribution is -2.36. The van der Waals surface area contributed by atoms with Gasteiger partial charge in [-0.1, -0.05) is 62.7 Å². The highest BCUT2D eigenvalue weighted by molar-refractivity contribution is 6.07. The van der Waals surface area contributed by atoms with Crippen LogP contribution in [0.2, 0.25) is 0 Å². The van der Waals surface area contributed by atoms with E-state index in [1.807, 2.05) is 87.7 Å². The first-order chi connectivity index (χ1) is 22.9. The number of urea groups is 2. The molecular weight excluding hydrogens is 604 g/mol. The molecule has 0 saturated carbocycles. The van der Waals surface area contributed by atoms with Gasteiger partial charge in [-0.05, 0) is 57.8 Å². The van der Waals surface area contributed by atoms with Crippen molar-refractivity contribution in [2.75, 3.05) is 43.1 Å². The third-order valence-corrected chi connectivity index (χ3v) is 8.51. The topological polar surface area (TPSA) is 117 Å². The lowest BCUT2D eigenvalue weighted by atomic mass is 9.92. The second kappa shape index (κ2) is 13.4. The first-order valence-corrected chi connectivity index (χ1v) is 16.1. The Morgan fingerprint density at radius 1 is 0.917 bits per heavy atom. The predicted molar refractivity (Wildman–Crippen MR) is 191 cm³/mol. The molecule has 0 radical (unpaired) electrons. The van der Waals surface area contributed by atoms with E-state index in [4.69, 9.17) is 9.84 Å². The third-order valence-electron chi connectivity index (χ3n) is 8.51. The van der Waals surface area contributed by atoms with Gasteiger partial charge in [-0.2, -0.15) is 5.10 Å². The number of carbonyl (C=O) groups excluding carboxylic acids is 2. The second-order valence-electron chi connectivity index (χ2n) is 13.4. The second-order valence-corrected chi connectivity index (χ2v) is 13.4. The zero-order valence-corrected chi connectivity index (χ0v) is 28.2. The molecule has 0 spiro atoms. The molecule has 1 atom stereocenters. The molecule has 6 rings (SSSR count). The van der Waals surface area contributed by atoms with Crippen LogP contribution in [0.15, 0.2) is 85.1 Å². The summed E-state index contributed by atoms with van der Waals surface area (Å²) >= 11 is 0. The minimum atomic E-state index is -0.396. The number of fused-ring (bicyclic) bond motifs is 1. The van der Waals surface area contributed by atoms with Crippen LogP contribution in [0, 0.1) is 6.92 Å². The Kier molecular flexibility index (Phi) is 9.05. The van der Waals surface area contributed by atoms with Crippen molar-refractivity contribution >= 4 is 40.2 Å². The van der Waals surface area contributed by atoms with E-state index in [1.54, 1.807) is 27.9 Å². The number of likely N-dealkylation sites (N-methyl/N-ethyl adjacent to an activating group) is 1. The molecule has 248 valence electrons. The quantitative estimate of drug-likeness (QED) is 0.167. The minimum absolute atomic E-state index is 0.181. The van der Waals surface area contributed by atoms with E-state index in [-0.39, 0.29) is 11.4 Å². The summed E-state index contributed by atoms with van der Waals surface area (Å²) < 4.78 is 8.06. The fourth-order valence-electron chi connectivity index (χ4n) is 5.67. The number of carbonyl (C=O) groups is 2. The maximum Gasteiger partial charge on any atom is 0.324 e. The molecule has 1 fully saturated rings. The third kappa shape index (κ3) is 7.26. The molecule has 1 unspecified atom stereocenters. The van der Waals surface area contributed by atoms with Gasteiger partial charge in [-0.25, -0.2) is 19.3 Å². The van der Waals surface area contributed by atoms with Crippen molar-refractivity contribution < 1.29 is 14.3 Å². The fraction of sp³-hybridized carbons (Fsp3) is 0.297. The van der Waals surface area contributed by atoms with Gasteiger partial charge in [-0.3, -0.25) is 10.6 Å². The normalized spacial score (nSPS) is 14.7. The van der Waals surface area contributed by atoms with Crippen molar-refractivity contribution in [2.45, 2.75) is 45.6 Å². The first kappa shape index (κ1) is 32.5. The summed E-state index contributed by atoms with van der Waals surface area (Å²) in [5.41, 5.74) is 3.27. The number of likely N-dealkylation sites (tertiary alicyclic amines) is 1. The van der Waals surface area contributed by atoms with Crippen molar-refractivity contribution in [3.05, 3.63) is 96.3 Å². The molecule has 48 heavy (non-hydrogen) atoms. The smallest absolute Gasteiger partial charge is 0.324 e. The van der Waals surface area contributed by atoms with E-state index >= 15 is 0 Å². The number of amides is 4. The summed E-state index contributed by atoms with van der Waals surface area (Å²) in [7, 11) is 4.06. The largest absolute Gasteiger partial charge is 0.457 e.